The van der Waals surface area contributed by atoms with Crippen LogP contribution >= 0.6 is 11.3 Å². The number of aryl methyl sites for hydroxylation is 1. The van der Waals surface area contributed by atoms with E-state index in [1.54, 1.807) is 6.92 Å². The highest BCUT2D eigenvalue weighted by molar-refractivity contribution is 7.13. The summed E-state index contributed by atoms with van der Waals surface area (Å²) in [7, 11) is 0. The van der Waals surface area contributed by atoms with Crippen LogP contribution in [0.5, 0.6) is 0 Å². The summed E-state index contributed by atoms with van der Waals surface area (Å²) < 4.78 is 5.03. The third kappa shape index (κ3) is 3.68. The maximum absolute atomic E-state index is 11.9. The van der Waals surface area contributed by atoms with Crippen molar-refractivity contribution in [3.05, 3.63) is 52.2 Å². The van der Waals surface area contributed by atoms with E-state index in [0.717, 1.165) is 10.6 Å². The van der Waals surface area contributed by atoms with Crippen molar-refractivity contribution < 1.29 is 9.53 Å². The van der Waals surface area contributed by atoms with E-state index in [-0.39, 0.29) is 0 Å². The molecule has 0 atom stereocenters. The highest BCUT2D eigenvalue weighted by Crippen LogP contribution is 2.13. The van der Waals surface area contributed by atoms with Gasteiger partial charge in [0.1, 0.15) is 0 Å². The molecular formula is C15H16N2O2S. The molecule has 0 aliphatic carbocycles. The van der Waals surface area contributed by atoms with Gasteiger partial charge < -0.3 is 4.74 Å². The number of hydrogen-bond acceptors (Lipinski definition) is 5. The van der Waals surface area contributed by atoms with Gasteiger partial charge in [-0.3, -0.25) is 5.43 Å². The summed E-state index contributed by atoms with van der Waals surface area (Å²) in [5, 5.41) is 6.09. The van der Waals surface area contributed by atoms with Crippen molar-refractivity contribution in [3.8, 4) is 0 Å². The number of ether oxygens (including phenoxy) is 1. The molecule has 5 heteroatoms. The average molecular weight is 288 g/mol. The van der Waals surface area contributed by atoms with Crippen LogP contribution in [0.1, 0.15) is 17.4 Å². The van der Waals surface area contributed by atoms with Crippen LogP contribution in [-0.4, -0.2) is 18.3 Å². The van der Waals surface area contributed by atoms with Gasteiger partial charge in [-0.05, 0) is 37.4 Å². The fraction of sp³-hybridized carbons (Fsp3) is 0.200. The van der Waals surface area contributed by atoms with Crippen LogP contribution in [0.4, 0.5) is 5.69 Å². The van der Waals surface area contributed by atoms with Crippen molar-refractivity contribution in [3.63, 3.8) is 0 Å². The number of benzene rings is 1. The normalized spacial score (nSPS) is 11.2. The van der Waals surface area contributed by atoms with Crippen LogP contribution in [0.3, 0.4) is 0 Å². The van der Waals surface area contributed by atoms with Gasteiger partial charge in [0.05, 0.1) is 17.2 Å². The maximum atomic E-state index is 11.9. The van der Waals surface area contributed by atoms with E-state index in [9.17, 15) is 4.79 Å². The predicted octanol–water partition coefficient (Wildman–Crippen LogP) is 3.44. The minimum absolute atomic E-state index is 0.294. The molecule has 1 heterocycles. The van der Waals surface area contributed by atoms with Crippen molar-refractivity contribution in [2.45, 2.75) is 13.8 Å². The molecule has 4 nitrogen and oxygen atoms in total. The molecule has 104 valence electrons. The van der Waals surface area contributed by atoms with Gasteiger partial charge in [0.25, 0.3) is 0 Å². The van der Waals surface area contributed by atoms with Crippen LogP contribution in [0.2, 0.25) is 0 Å². The summed E-state index contributed by atoms with van der Waals surface area (Å²) in [6.45, 7) is 4.12. The Bertz CT molecular complexity index is 589. The summed E-state index contributed by atoms with van der Waals surface area (Å²) in [6.07, 6.45) is 0. The number of hydrazone groups is 1. The number of nitrogens with zero attached hydrogens (tertiary/aromatic N) is 1. The molecule has 1 aromatic heterocycles. The van der Waals surface area contributed by atoms with Gasteiger partial charge in [0.2, 0.25) is 0 Å². The number of rotatable bonds is 5. The van der Waals surface area contributed by atoms with Crippen molar-refractivity contribution >= 4 is 28.7 Å². The number of esters is 1. The Morgan fingerprint density at radius 3 is 2.65 bits per heavy atom. The second-order valence-corrected chi connectivity index (χ2v) is 5.08. The Morgan fingerprint density at radius 1 is 1.30 bits per heavy atom. The maximum Gasteiger partial charge on any atom is 0.360 e. The first-order valence-electron chi connectivity index (χ1n) is 6.32. The minimum Gasteiger partial charge on any atom is -0.461 e. The average Bonchev–Trinajstić information content (AvgIpc) is 2.95. The van der Waals surface area contributed by atoms with Gasteiger partial charge in [-0.1, -0.05) is 23.8 Å². The second-order valence-electron chi connectivity index (χ2n) is 4.14. The summed E-state index contributed by atoms with van der Waals surface area (Å²) >= 11 is 1.45. The molecule has 20 heavy (non-hydrogen) atoms. The van der Waals surface area contributed by atoms with Gasteiger partial charge in [-0.15, -0.1) is 11.3 Å². The topological polar surface area (TPSA) is 50.7 Å². The molecule has 2 rings (SSSR count). The summed E-state index contributed by atoms with van der Waals surface area (Å²) in [6, 6.07) is 11.5. The molecule has 2 aromatic rings. The molecule has 0 saturated carbocycles. The third-order valence-corrected chi connectivity index (χ3v) is 3.45. The van der Waals surface area contributed by atoms with E-state index in [1.165, 1.54) is 16.9 Å². The fourth-order valence-corrected chi connectivity index (χ4v) is 2.26. The first-order valence-corrected chi connectivity index (χ1v) is 7.20. The first kappa shape index (κ1) is 14.3. The van der Waals surface area contributed by atoms with Crippen LogP contribution in [0, 0.1) is 6.92 Å². The number of hydrogen-bond donors (Lipinski definition) is 1. The molecule has 1 N–H and O–H groups in total. The van der Waals surface area contributed by atoms with E-state index in [4.69, 9.17) is 4.74 Å². The number of carbonyl (C=O) groups is 1. The van der Waals surface area contributed by atoms with Gasteiger partial charge in [-0.2, -0.15) is 5.10 Å². The molecule has 0 aliphatic heterocycles. The molecule has 0 fully saturated rings. The molecule has 1 aromatic carbocycles. The Hall–Kier alpha value is -2.14. The van der Waals surface area contributed by atoms with Crippen molar-refractivity contribution in [1.82, 2.24) is 0 Å². The highest BCUT2D eigenvalue weighted by Gasteiger charge is 2.16. The van der Waals surface area contributed by atoms with E-state index in [0.29, 0.717) is 12.3 Å². The van der Waals surface area contributed by atoms with Crippen LogP contribution in [0.25, 0.3) is 0 Å². The highest BCUT2D eigenvalue weighted by atomic mass is 32.1. The molecule has 0 unspecified atom stereocenters. The molecule has 0 amide bonds. The first-order chi connectivity index (χ1) is 9.70. The summed E-state index contributed by atoms with van der Waals surface area (Å²) in [5.41, 5.74) is 5.18. The lowest BCUT2D eigenvalue weighted by atomic mass is 10.2. The molecular weight excluding hydrogens is 272 g/mol. The van der Waals surface area contributed by atoms with E-state index in [1.807, 2.05) is 48.7 Å². The summed E-state index contributed by atoms with van der Waals surface area (Å²) in [4.78, 5) is 12.7. The van der Waals surface area contributed by atoms with E-state index in [2.05, 4.69) is 10.5 Å². The lowest BCUT2D eigenvalue weighted by molar-refractivity contribution is -0.134. The van der Waals surface area contributed by atoms with Crippen LogP contribution < -0.4 is 5.43 Å². The van der Waals surface area contributed by atoms with Crippen LogP contribution in [-0.2, 0) is 9.53 Å². The van der Waals surface area contributed by atoms with Crippen molar-refractivity contribution in [1.29, 1.82) is 0 Å². The zero-order valence-electron chi connectivity index (χ0n) is 11.4. The number of carbonyl (C=O) groups excluding carboxylic acids is 1. The number of anilines is 1. The number of nitrogens with one attached hydrogen (secondary N) is 1. The molecule has 0 saturated heterocycles. The lowest BCUT2D eigenvalue weighted by Gasteiger charge is -2.06. The zero-order chi connectivity index (χ0) is 14.4. The SMILES string of the molecule is CCOC(=O)/C(=N\Nc1ccc(C)cc1)c1cccs1. The smallest absolute Gasteiger partial charge is 0.360 e. The van der Waals surface area contributed by atoms with Gasteiger partial charge in [0, 0.05) is 0 Å². The largest absolute Gasteiger partial charge is 0.461 e. The Labute approximate surface area is 122 Å². The fourth-order valence-electron chi connectivity index (χ4n) is 1.56. The second kappa shape index (κ2) is 6.86. The molecule has 0 aliphatic rings. The minimum atomic E-state index is -0.422. The van der Waals surface area contributed by atoms with Gasteiger partial charge in [0.15, 0.2) is 5.71 Å². The molecule has 0 radical (unpaired) electrons. The van der Waals surface area contributed by atoms with Crippen molar-refractivity contribution in [2.24, 2.45) is 5.10 Å². The Kier molecular flexibility index (Phi) is 4.90. The van der Waals surface area contributed by atoms with Gasteiger partial charge in [-0.25, -0.2) is 4.79 Å². The van der Waals surface area contributed by atoms with Crippen molar-refractivity contribution in [2.75, 3.05) is 12.0 Å². The molecule has 0 bridgehead atoms. The summed E-state index contributed by atoms with van der Waals surface area (Å²) in [5.74, 6) is -0.422. The Balaban J connectivity index is 2.20. The monoisotopic (exact) mass is 288 g/mol. The standard InChI is InChI=1S/C15H16N2O2S/c1-3-19-15(18)14(13-5-4-10-20-13)17-16-12-8-6-11(2)7-9-12/h4-10,16H,3H2,1-2H3/b17-14-. The van der Waals surface area contributed by atoms with E-state index >= 15 is 0 Å². The molecule has 0 spiro atoms. The zero-order valence-corrected chi connectivity index (χ0v) is 12.2. The van der Waals surface area contributed by atoms with Gasteiger partial charge >= 0.3 is 5.97 Å². The predicted molar refractivity (Wildman–Crippen MR) is 82.3 cm³/mol. The van der Waals surface area contributed by atoms with E-state index < -0.39 is 5.97 Å². The Morgan fingerprint density at radius 2 is 2.05 bits per heavy atom. The number of thiophene rings is 1. The van der Waals surface area contributed by atoms with Crippen LogP contribution in [0.15, 0.2) is 46.9 Å². The quantitative estimate of drug-likeness (QED) is 0.521. The third-order valence-electron chi connectivity index (χ3n) is 2.57. The lowest BCUT2D eigenvalue weighted by Crippen LogP contribution is -2.19.